The molecule has 0 saturated heterocycles. The number of aromatic nitrogens is 2. The summed E-state index contributed by atoms with van der Waals surface area (Å²) in [6.45, 7) is 4.49. The predicted octanol–water partition coefficient (Wildman–Crippen LogP) is 1.78. The van der Waals surface area contributed by atoms with Crippen LogP contribution in [0.1, 0.15) is 64.7 Å². The third-order valence-corrected chi connectivity index (χ3v) is 6.33. The molecule has 31 heavy (non-hydrogen) atoms. The lowest BCUT2D eigenvalue weighted by atomic mass is 9.93. The van der Waals surface area contributed by atoms with Crippen LogP contribution in [0.25, 0.3) is 0 Å². The Kier molecular flexibility index (Phi) is 4.60. The highest BCUT2D eigenvalue weighted by Crippen LogP contribution is 2.39. The van der Waals surface area contributed by atoms with Crippen molar-refractivity contribution in [3.63, 3.8) is 0 Å². The Morgan fingerprint density at radius 3 is 2.68 bits per heavy atom. The smallest absolute Gasteiger partial charge is 0.274 e. The molecule has 0 bridgehead atoms. The first-order chi connectivity index (χ1) is 14.9. The van der Waals surface area contributed by atoms with Crippen molar-refractivity contribution in [2.45, 2.75) is 70.2 Å². The van der Waals surface area contributed by atoms with Crippen LogP contribution in [-0.4, -0.2) is 49.8 Å². The minimum Gasteiger partial charge on any atom is -0.350 e. The van der Waals surface area contributed by atoms with E-state index in [4.69, 9.17) is 0 Å². The summed E-state index contributed by atoms with van der Waals surface area (Å²) in [6.07, 6.45) is 5.16. The molecule has 1 atom stereocenters. The molecule has 2 aliphatic carbocycles. The molecule has 5 rings (SSSR count). The van der Waals surface area contributed by atoms with Gasteiger partial charge in [-0.05, 0) is 45.1 Å². The summed E-state index contributed by atoms with van der Waals surface area (Å²) in [4.78, 5) is 45.4. The maximum absolute atomic E-state index is 13.5. The van der Waals surface area contributed by atoms with Crippen molar-refractivity contribution in [1.29, 1.82) is 0 Å². The van der Waals surface area contributed by atoms with Gasteiger partial charge in [-0.1, -0.05) is 29.8 Å². The van der Waals surface area contributed by atoms with Gasteiger partial charge in [0, 0.05) is 18.6 Å². The second kappa shape index (κ2) is 7.21. The number of imidazole rings is 1. The van der Waals surface area contributed by atoms with Crippen molar-refractivity contribution in [2.24, 2.45) is 0 Å². The molecule has 2 heterocycles. The van der Waals surface area contributed by atoms with Crippen LogP contribution in [0.2, 0.25) is 0 Å². The second-order valence-electron chi connectivity index (χ2n) is 9.17. The standard InChI is InChI=1S/C23H27N5O3/c1-14-4-3-5-15(10-14)11-24-22(31)23(2)12-27-13-25-18(20(29)26-16-6-7-16)19(27)21(30)28(23)17-8-9-17/h3-5,10,13,16-17H,6-9,11-12H2,1-2H3,(H,24,31)(H,26,29). The lowest BCUT2D eigenvalue weighted by molar-refractivity contribution is -0.133. The van der Waals surface area contributed by atoms with Gasteiger partial charge in [-0.3, -0.25) is 14.4 Å². The number of fused-ring (bicyclic) bond motifs is 1. The molecule has 8 heteroatoms. The Morgan fingerprint density at radius 2 is 2.00 bits per heavy atom. The van der Waals surface area contributed by atoms with Crippen molar-refractivity contribution >= 4 is 17.7 Å². The lowest BCUT2D eigenvalue weighted by Gasteiger charge is -2.44. The van der Waals surface area contributed by atoms with Crippen LogP contribution in [0.3, 0.4) is 0 Å². The van der Waals surface area contributed by atoms with Gasteiger partial charge in [0.2, 0.25) is 5.91 Å². The van der Waals surface area contributed by atoms with E-state index in [1.54, 1.807) is 9.47 Å². The number of rotatable bonds is 6. The Morgan fingerprint density at radius 1 is 1.23 bits per heavy atom. The van der Waals surface area contributed by atoms with Gasteiger partial charge in [0.1, 0.15) is 11.2 Å². The maximum Gasteiger partial charge on any atom is 0.274 e. The third kappa shape index (κ3) is 3.60. The predicted molar refractivity (Wildman–Crippen MR) is 113 cm³/mol. The zero-order valence-electron chi connectivity index (χ0n) is 17.9. The largest absolute Gasteiger partial charge is 0.350 e. The molecule has 1 aromatic heterocycles. The number of benzene rings is 1. The topological polar surface area (TPSA) is 96.3 Å². The van der Waals surface area contributed by atoms with Crippen molar-refractivity contribution in [2.75, 3.05) is 0 Å². The number of hydrogen-bond acceptors (Lipinski definition) is 4. The maximum atomic E-state index is 13.5. The van der Waals surface area contributed by atoms with Crippen molar-refractivity contribution in [3.8, 4) is 0 Å². The second-order valence-corrected chi connectivity index (χ2v) is 9.17. The summed E-state index contributed by atoms with van der Waals surface area (Å²) in [7, 11) is 0. The van der Waals surface area contributed by atoms with E-state index in [-0.39, 0.29) is 47.7 Å². The van der Waals surface area contributed by atoms with Gasteiger partial charge in [0.05, 0.1) is 12.9 Å². The molecule has 0 radical (unpaired) electrons. The fraction of sp³-hybridized carbons (Fsp3) is 0.478. The molecule has 0 spiro atoms. The van der Waals surface area contributed by atoms with E-state index >= 15 is 0 Å². The van der Waals surface area contributed by atoms with E-state index in [0.29, 0.717) is 6.54 Å². The highest BCUT2D eigenvalue weighted by Gasteiger charge is 2.53. The van der Waals surface area contributed by atoms with Gasteiger partial charge >= 0.3 is 0 Å². The van der Waals surface area contributed by atoms with E-state index in [0.717, 1.165) is 36.8 Å². The lowest BCUT2D eigenvalue weighted by Crippen LogP contribution is -2.64. The average Bonchev–Trinajstić information content (AvgIpc) is 3.66. The molecule has 2 saturated carbocycles. The van der Waals surface area contributed by atoms with Crippen LogP contribution in [0.15, 0.2) is 30.6 Å². The average molecular weight is 422 g/mol. The Labute approximate surface area is 181 Å². The number of carbonyl (C=O) groups excluding carboxylic acids is 3. The fourth-order valence-corrected chi connectivity index (χ4v) is 4.40. The molecule has 8 nitrogen and oxygen atoms in total. The van der Waals surface area contributed by atoms with Gasteiger partial charge in [-0.15, -0.1) is 0 Å². The SMILES string of the molecule is Cc1cccc(CNC(=O)C2(C)Cn3cnc(C(=O)NC4CC4)c3C(=O)N2C2CC2)c1. The highest BCUT2D eigenvalue weighted by molar-refractivity contribution is 6.07. The number of hydrogen-bond donors (Lipinski definition) is 2. The van der Waals surface area contributed by atoms with Crippen LogP contribution in [-0.2, 0) is 17.9 Å². The van der Waals surface area contributed by atoms with E-state index in [1.807, 2.05) is 38.1 Å². The number of amides is 3. The van der Waals surface area contributed by atoms with Gasteiger partial charge in [-0.2, -0.15) is 0 Å². The summed E-state index contributed by atoms with van der Waals surface area (Å²) >= 11 is 0. The van der Waals surface area contributed by atoms with Gasteiger partial charge in [0.25, 0.3) is 11.8 Å². The molecular weight excluding hydrogens is 394 g/mol. The van der Waals surface area contributed by atoms with Gasteiger partial charge in [0.15, 0.2) is 5.69 Å². The van der Waals surface area contributed by atoms with Crippen LogP contribution in [0.5, 0.6) is 0 Å². The number of nitrogens with zero attached hydrogens (tertiary/aromatic N) is 3. The van der Waals surface area contributed by atoms with E-state index in [2.05, 4.69) is 15.6 Å². The zero-order chi connectivity index (χ0) is 21.8. The molecule has 1 aromatic carbocycles. The quantitative estimate of drug-likeness (QED) is 0.743. The minimum absolute atomic E-state index is 0.0187. The van der Waals surface area contributed by atoms with E-state index < -0.39 is 5.54 Å². The summed E-state index contributed by atoms with van der Waals surface area (Å²) in [5.41, 5.74) is 1.55. The van der Waals surface area contributed by atoms with E-state index in [9.17, 15) is 14.4 Å². The van der Waals surface area contributed by atoms with E-state index in [1.165, 1.54) is 6.33 Å². The van der Waals surface area contributed by atoms with Crippen molar-refractivity contribution in [3.05, 3.63) is 53.1 Å². The van der Waals surface area contributed by atoms with Crippen molar-refractivity contribution < 1.29 is 14.4 Å². The molecule has 3 amide bonds. The highest BCUT2D eigenvalue weighted by atomic mass is 16.2. The molecule has 2 aromatic rings. The minimum atomic E-state index is -1.04. The number of aryl methyl sites for hydroxylation is 1. The van der Waals surface area contributed by atoms with Crippen LogP contribution < -0.4 is 10.6 Å². The van der Waals surface area contributed by atoms with Crippen LogP contribution in [0, 0.1) is 6.92 Å². The first kappa shape index (κ1) is 19.8. The Hall–Kier alpha value is -3.16. The Bertz CT molecular complexity index is 1070. The molecule has 162 valence electrons. The normalized spacial score (nSPS) is 22.8. The van der Waals surface area contributed by atoms with Gasteiger partial charge in [-0.25, -0.2) is 4.98 Å². The number of carbonyl (C=O) groups is 3. The number of nitrogens with one attached hydrogen (secondary N) is 2. The fourth-order valence-electron chi connectivity index (χ4n) is 4.40. The van der Waals surface area contributed by atoms with Crippen LogP contribution >= 0.6 is 0 Å². The summed E-state index contributed by atoms with van der Waals surface area (Å²) < 4.78 is 1.66. The summed E-state index contributed by atoms with van der Waals surface area (Å²) in [5, 5.41) is 5.93. The molecule has 1 aliphatic heterocycles. The van der Waals surface area contributed by atoms with Crippen molar-refractivity contribution in [1.82, 2.24) is 25.1 Å². The first-order valence-electron chi connectivity index (χ1n) is 10.9. The summed E-state index contributed by atoms with van der Waals surface area (Å²) in [6, 6.07) is 8.18. The van der Waals surface area contributed by atoms with Crippen LogP contribution in [0.4, 0.5) is 0 Å². The first-order valence-corrected chi connectivity index (χ1v) is 10.9. The molecule has 1 unspecified atom stereocenters. The third-order valence-electron chi connectivity index (χ3n) is 6.33. The zero-order valence-corrected chi connectivity index (χ0v) is 17.9. The van der Waals surface area contributed by atoms with Gasteiger partial charge < -0.3 is 20.1 Å². The Balaban J connectivity index is 1.41. The molecule has 2 N–H and O–H groups in total. The molecular formula is C23H27N5O3. The summed E-state index contributed by atoms with van der Waals surface area (Å²) in [5.74, 6) is -0.800. The molecule has 3 aliphatic rings. The molecule has 2 fully saturated rings. The monoisotopic (exact) mass is 421 g/mol.